The Balaban J connectivity index is 0.000000672. The molecule has 0 aliphatic heterocycles. The van der Waals surface area contributed by atoms with Crippen LogP contribution in [0.15, 0.2) is 66.6 Å². The van der Waals surface area contributed by atoms with Crippen LogP contribution in [0.25, 0.3) is 22.4 Å². The molecule has 0 atom stereocenters. The van der Waals surface area contributed by atoms with Gasteiger partial charge in [-0.05, 0) is 60.1 Å². The molecule has 190 valence electrons. The van der Waals surface area contributed by atoms with Crippen LogP contribution in [-0.2, 0) is 25.9 Å². The second kappa shape index (κ2) is 14.1. The number of allylic oxidation sites excluding steroid dienone is 2. The SMILES string of the molecule is CC(=O)/C=C(/C)O.CC(C)c1cc(C(C)C)c(-c2ccc[c-]c2-c2ccccn2)c(C(C)C)c1.[Pt]. The fourth-order valence-corrected chi connectivity index (χ4v) is 3.93. The van der Waals surface area contributed by atoms with Gasteiger partial charge in [-0.15, -0.1) is 29.8 Å². The molecular weight excluding hydrogens is 613 g/mol. The number of rotatable bonds is 6. The second-order valence-corrected chi connectivity index (χ2v) is 9.61. The largest absolute Gasteiger partial charge is 0.512 e. The molecule has 0 unspecified atom stereocenters. The minimum atomic E-state index is -0.125. The van der Waals surface area contributed by atoms with E-state index in [1.165, 1.54) is 47.7 Å². The van der Waals surface area contributed by atoms with Crippen LogP contribution in [0.4, 0.5) is 0 Å². The van der Waals surface area contributed by atoms with Gasteiger partial charge in [0.15, 0.2) is 5.78 Å². The predicted octanol–water partition coefficient (Wildman–Crippen LogP) is 8.62. The van der Waals surface area contributed by atoms with Gasteiger partial charge in [0.05, 0.1) is 5.76 Å². The van der Waals surface area contributed by atoms with Crippen LogP contribution in [0.2, 0.25) is 0 Å². The molecule has 0 saturated heterocycles. The number of aromatic nitrogens is 1. The van der Waals surface area contributed by atoms with Crippen molar-refractivity contribution in [3.8, 4) is 22.4 Å². The van der Waals surface area contributed by atoms with E-state index in [9.17, 15) is 4.79 Å². The quantitative estimate of drug-likeness (QED) is 0.165. The van der Waals surface area contributed by atoms with E-state index in [-0.39, 0.29) is 32.6 Å². The van der Waals surface area contributed by atoms with Crippen molar-refractivity contribution in [2.24, 2.45) is 0 Å². The Hall–Kier alpha value is -2.51. The molecule has 4 heteroatoms. The molecule has 0 radical (unpaired) electrons. The minimum Gasteiger partial charge on any atom is -0.512 e. The molecule has 3 rings (SSSR count). The first-order valence-corrected chi connectivity index (χ1v) is 12.0. The Labute approximate surface area is 226 Å². The van der Waals surface area contributed by atoms with Crippen LogP contribution in [0, 0.1) is 6.07 Å². The predicted molar refractivity (Wildman–Crippen MR) is 143 cm³/mol. The number of benzene rings is 2. The van der Waals surface area contributed by atoms with Crippen molar-refractivity contribution in [2.45, 2.75) is 73.1 Å². The number of aliphatic hydroxyl groups is 1. The summed E-state index contributed by atoms with van der Waals surface area (Å²) in [5.74, 6) is 1.36. The summed E-state index contributed by atoms with van der Waals surface area (Å²) in [6.45, 7) is 16.6. The summed E-state index contributed by atoms with van der Waals surface area (Å²) in [4.78, 5) is 14.6. The van der Waals surface area contributed by atoms with Gasteiger partial charge in [-0.3, -0.25) is 4.79 Å². The van der Waals surface area contributed by atoms with Crippen LogP contribution in [-0.4, -0.2) is 15.9 Å². The van der Waals surface area contributed by atoms with Crippen LogP contribution in [0.3, 0.4) is 0 Å². The number of hydrogen-bond acceptors (Lipinski definition) is 3. The molecule has 0 bridgehead atoms. The molecule has 0 fully saturated rings. The number of carbonyl (C=O) groups is 1. The number of hydrogen-bond donors (Lipinski definition) is 1. The zero-order valence-electron chi connectivity index (χ0n) is 22.1. The summed E-state index contributed by atoms with van der Waals surface area (Å²) >= 11 is 0. The molecule has 2 aromatic carbocycles. The third-order valence-electron chi connectivity index (χ3n) is 5.59. The standard InChI is InChI=1S/C26H30N.C5H8O2.Pt/c1-17(2)20-15-23(18(3)4)26(24(16-20)19(5)6)22-12-8-7-11-21(22)25-13-9-10-14-27-25;1-4(6)3-5(2)7;/h7-10,12-19H,1-6H3;3,6H,1-2H3;/q-1;;/b;4-3-;. The third-order valence-corrected chi connectivity index (χ3v) is 5.59. The number of pyridine rings is 1. The molecule has 0 aliphatic rings. The Morgan fingerprint density at radius 2 is 1.51 bits per heavy atom. The van der Waals surface area contributed by atoms with Gasteiger partial charge in [0, 0.05) is 33.3 Å². The first kappa shape index (κ1) is 30.5. The summed E-state index contributed by atoms with van der Waals surface area (Å²) in [6.07, 6.45) is 3.02. The van der Waals surface area contributed by atoms with Gasteiger partial charge < -0.3 is 10.1 Å². The number of aliphatic hydroxyl groups excluding tert-OH is 1. The summed E-state index contributed by atoms with van der Waals surface area (Å²) < 4.78 is 0. The zero-order chi connectivity index (χ0) is 25.4. The number of ketones is 1. The summed E-state index contributed by atoms with van der Waals surface area (Å²) in [5, 5.41) is 8.36. The van der Waals surface area contributed by atoms with E-state index in [4.69, 9.17) is 5.11 Å². The molecular formula is C31H38NO2Pt-. The van der Waals surface area contributed by atoms with Gasteiger partial charge >= 0.3 is 0 Å². The van der Waals surface area contributed by atoms with Crippen molar-refractivity contribution in [3.05, 3.63) is 89.3 Å². The summed E-state index contributed by atoms with van der Waals surface area (Å²) in [6, 6.07) is 20.7. The van der Waals surface area contributed by atoms with E-state index in [2.05, 4.69) is 82.9 Å². The zero-order valence-corrected chi connectivity index (χ0v) is 24.4. The summed E-state index contributed by atoms with van der Waals surface area (Å²) in [5.41, 5.74) is 8.92. The van der Waals surface area contributed by atoms with Crippen molar-refractivity contribution in [1.29, 1.82) is 0 Å². The molecule has 0 saturated carbocycles. The van der Waals surface area contributed by atoms with Crippen molar-refractivity contribution in [2.75, 3.05) is 0 Å². The minimum absolute atomic E-state index is 0. The normalized spacial score (nSPS) is 11.2. The third kappa shape index (κ3) is 8.58. The van der Waals surface area contributed by atoms with Crippen molar-refractivity contribution in [3.63, 3.8) is 0 Å². The Morgan fingerprint density at radius 3 is 1.91 bits per heavy atom. The average molecular weight is 652 g/mol. The topological polar surface area (TPSA) is 50.2 Å². The van der Waals surface area contributed by atoms with Gasteiger partial charge in [0.25, 0.3) is 0 Å². The molecule has 3 nitrogen and oxygen atoms in total. The molecule has 1 N–H and O–H groups in total. The molecule has 1 heterocycles. The number of nitrogens with zero attached hydrogens (tertiary/aromatic N) is 1. The fraction of sp³-hybridized carbons (Fsp3) is 0.355. The fourth-order valence-electron chi connectivity index (χ4n) is 3.93. The summed E-state index contributed by atoms with van der Waals surface area (Å²) in [7, 11) is 0. The Morgan fingerprint density at radius 1 is 0.914 bits per heavy atom. The van der Waals surface area contributed by atoms with E-state index in [1.54, 1.807) is 0 Å². The van der Waals surface area contributed by atoms with E-state index in [0.717, 1.165) is 11.3 Å². The Bertz CT molecular complexity index is 1100. The molecule has 1 aromatic heterocycles. The van der Waals surface area contributed by atoms with Crippen LogP contribution >= 0.6 is 0 Å². The van der Waals surface area contributed by atoms with Gasteiger partial charge in [-0.25, -0.2) is 0 Å². The van der Waals surface area contributed by atoms with Crippen molar-refractivity contribution >= 4 is 5.78 Å². The van der Waals surface area contributed by atoms with E-state index >= 15 is 0 Å². The Kier molecular flexibility index (Phi) is 12.3. The first-order chi connectivity index (χ1) is 16.0. The van der Waals surface area contributed by atoms with E-state index in [1.807, 2.05) is 24.4 Å². The van der Waals surface area contributed by atoms with Gasteiger partial charge in [-0.1, -0.05) is 76.9 Å². The molecule has 0 aliphatic carbocycles. The first-order valence-electron chi connectivity index (χ1n) is 12.0. The van der Waals surface area contributed by atoms with E-state index in [0.29, 0.717) is 17.8 Å². The van der Waals surface area contributed by atoms with E-state index < -0.39 is 0 Å². The van der Waals surface area contributed by atoms with Crippen molar-refractivity contribution in [1.82, 2.24) is 4.98 Å². The maximum atomic E-state index is 10.0. The van der Waals surface area contributed by atoms with Gasteiger partial charge in [-0.2, -0.15) is 0 Å². The maximum Gasteiger partial charge on any atom is 0.155 e. The molecule has 0 amide bonds. The van der Waals surface area contributed by atoms with Crippen LogP contribution in [0.1, 0.15) is 89.8 Å². The monoisotopic (exact) mass is 651 g/mol. The molecule has 3 aromatic rings. The smallest absolute Gasteiger partial charge is 0.155 e. The second-order valence-electron chi connectivity index (χ2n) is 9.61. The van der Waals surface area contributed by atoms with Gasteiger partial charge in [0.2, 0.25) is 0 Å². The maximum absolute atomic E-state index is 10.0. The van der Waals surface area contributed by atoms with Crippen LogP contribution < -0.4 is 0 Å². The average Bonchev–Trinajstić information content (AvgIpc) is 2.78. The van der Waals surface area contributed by atoms with Crippen molar-refractivity contribution < 1.29 is 31.0 Å². The number of carbonyl (C=O) groups excluding carboxylic acids is 1. The van der Waals surface area contributed by atoms with Gasteiger partial charge in [0.1, 0.15) is 0 Å². The molecule has 0 spiro atoms. The van der Waals surface area contributed by atoms with Crippen LogP contribution in [0.5, 0.6) is 0 Å². The molecule has 35 heavy (non-hydrogen) atoms.